The Balaban J connectivity index is 0.00000261. The molecule has 0 aliphatic carbocycles. The lowest BCUT2D eigenvalue weighted by Crippen LogP contribution is -2.40. The summed E-state index contributed by atoms with van der Waals surface area (Å²) in [6.45, 7) is 2.79. The number of carbonyl (C=O) groups is 2. The summed E-state index contributed by atoms with van der Waals surface area (Å²) in [5.74, 6) is 1.82. The summed E-state index contributed by atoms with van der Waals surface area (Å²) in [6, 6.07) is 14.9. The smallest absolute Gasteiger partial charge is 0.256 e. The molecule has 144 valence electrons. The van der Waals surface area contributed by atoms with Crippen LogP contribution in [0.3, 0.4) is 0 Å². The predicted molar refractivity (Wildman–Crippen MR) is 115 cm³/mol. The van der Waals surface area contributed by atoms with Crippen LogP contribution in [0.2, 0.25) is 0 Å². The van der Waals surface area contributed by atoms with E-state index in [2.05, 4.69) is 16.0 Å². The lowest BCUT2D eigenvalue weighted by molar-refractivity contribution is -0.116. The first kappa shape index (κ1) is 21.3. The third-order valence-electron chi connectivity index (χ3n) is 4.31. The van der Waals surface area contributed by atoms with Crippen LogP contribution >= 0.6 is 24.2 Å². The number of rotatable bonds is 5. The normalized spacial score (nSPS) is 16.1. The van der Waals surface area contributed by atoms with Gasteiger partial charge in [0.05, 0.1) is 0 Å². The van der Waals surface area contributed by atoms with Gasteiger partial charge in [0.2, 0.25) is 5.91 Å². The molecule has 0 spiro atoms. The van der Waals surface area contributed by atoms with Crippen LogP contribution in [0.5, 0.6) is 0 Å². The molecule has 7 heteroatoms. The van der Waals surface area contributed by atoms with Crippen LogP contribution in [-0.4, -0.2) is 35.9 Å². The Morgan fingerprint density at radius 2 is 1.89 bits per heavy atom. The van der Waals surface area contributed by atoms with E-state index < -0.39 is 0 Å². The van der Waals surface area contributed by atoms with E-state index in [1.807, 2.05) is 55.1 Å². The number of benzene rings is 2. The first-order valence-corrected chi connectivity index (χ1v) is 9.86. The van der Waals surface area contributed by atoms with Crippen LogP contribution < -0.4 is 16.0 Å². The number of nitrogens with one attached hydrogen (secondary N) is 3. The number of carbonyl (C=O) groups excluding carboxylic acids is 2. The summed E-state index contributed by atoms with van der Waals surface area (Å²) in [4.78, 5) is 24.9. The molecule has 27 heavy (non-hydrogen) atoms. The van der Waals surface area contributed by atoms with E-state index in [1.165, 1.54) is 0 Å². The van der Waals surface area contributed by atoms with E-state index in [1.54, 1.807) is 12.1 Å². The molecule has 1 aliphatic heterocycles. The van der Waals surface area contributed by atoms with Gasteiger partial charge in [0.1, 0.15) is 0 Å². The summed E-state index contributed by atoms with van der Waals surface area (Å²) in [7, 11) is 0. The molecule has 0 aromatic heterocycles. The van der Waals surface area contributed by atoms with Gasteiger partial charge in [0.25, 0.3) is 5.91 Å². The maximum absolute atomic E-state index is 12.6. The quantitative estimate of drug-likeness (QED) is 0.709. The van der Waals surface area contributed by atoms with E-state index >= 15 is 0 Å². The van der Waals surface area contributed by atoms with E-state index in [-0.39, 0.29) is 30.3 Å². The summed E-state index contributed by atoms with van der Waals surface area (Å²) in [5.41, 5.74) is 2.74. The Hall–Kier alpha value is -2.02. The van der Waals surface area contributed by atoms with E-state index in [4.69, 9.17) is 0 Å². The van der Waals surface area contributed by atoms with Gasteiger partial charge < -0.3 is 16.0 Å². The molecule has 2 amide bonds. The van der Waals surface area contributed by atoms with Crippen LogP contribution in [0.15, 0.2) is 48.5 Å². The summed E-state index contributed by atoms with van der Waals surface area (Å²) in [5, 5.41) is 9.19. The molecule has 1 heterocycles. The minimum Gasteiger partial charge on any atom is -0.326 e. The van der Waals surface area contributed by atoms with E-state index in [9.17, 15) is 9.59 Å². The van der Waals surface area contributed by atoms with Gasteiger partial charge in [-0.3, -0.25) is 9.59 Å². The molecule has 1 atom stereocenters. The Labute approximate surface area is 170 Å². The Morgan fingerprint density at radius 3 is 2.59 bits per heavy atom. The Morgan fingerprint density at radius 1 is 1.11 bits per heavy atom. The summed E-state index contributed by atoms with van der Waals surface area (Å²) in [6.07, 6.45) is 0.437. The van der Waals surface area contributed by atoms with Gasteiger partial charge in [0, 0.05) is 47.5 Å². The predicted octanol–water partition coefficient (Wildman–Crippen LogP) is 3.70. The van der Waals surface area contributed by atoms with Crippen molar-refractivity contribution in [3.63, 3.8) is 0 Å². The molecule has 1 saturated heterocycles. The van der Waals surface area contributed by atoms with Crippen molar-refractivity contribution in [1.82, 2.24) is 5.32 Å². The number of thioether (sulfide) groups is 1. The molecule has 3 N–H and O–H groups in total. The lowest BCUT2D eigenvalue weighted by Gasteiger charge is -2.22. The SMILES string of the molecule is Cc1c(NC(=O)CC2CSCCN2)cccc1C(=O)Nc1ccccc1.Cl. The maximum Gasteiger partial charge on any atom is 0.256 e. The van der Waals surface area contributed by atoms with Gasteiger partial charge >= 0.3 is 0 Å². The van der Waals surface area contributed by atoms with Gasteiger partial charge in [-0.2, -0.15) is 11.8 Å². The highest BCUT2D eigenvalue weighted by molar-refractivity contribution is 7.99. The van der Waals surface area contributed by atoms with Crippen molar-refractivity contribution < 1.29 is 9.59 Å². The molecule has 0 bridgehead atoms. The molecule has 0 radical (unpaired) electrons. The second-order valence-electron chi connectivity index (χ2n) is 6.28. The molecule has 1 unspecified atom stereocenters. The number of para-hydroxylation sites is 1. The van der Waals surface area contributed by atoms with Crippen molar-refractivity contribution in [2.45, 2.75) is 19.4 Å². The monoisotopic (exact) mass is 405 g/mol. The van der Waals surface area contributed by atoms with E-state index in [0.717, 1.165) is 29.3 Å². The van der Waals surface area contributed by atoms with Crippen molar-refractivity contribution in [3.8, 4) is 0 Å². The van der Waals surface area contributed by atoms with Crippen LogP contribution in [0.25, 0.3) is 0 Å². The molecule has 2 aromatic rings. The highest BCUT2D eigenvalue weighted by atomic mass is 35.5. The number of hydrogen-bond acceptors (Lipinski definition) is 4. The molecule has 0 saturated carbocycles. The van der Waals surface area contributed by atoms with Crippen molar-refractivity contribution in [3.05, 3.63) is 59.7 Å². The highest BCUT2D eigenvalue weighted by Crippen LogP contribution is 2.21. The highest BCUT2D eigenvalue weighted by Gasteiger charge is 2.18. The third-order valence-corrected chi connectivity index (χ3v) is 5.45. The van der Waals surface area contributed by atoms with Gasteiger partial charge in [-0.05, 0) is 36.8 Å². The topological polar surface area (TPSA) is 70.2 Å². The van der Waals surface area contributed by atoms with Crippen molar-refractivity contribution in [1.29, 1.82) is 0 Å². The van der Waals surface area contributed by atoms with Crippen molar-refractivity contribution in [2.24, 2.45) is 0 Å². The molecule has 2 aromatic carbocycles. The fourth-order valence-corrected chi connectivity index (χ4v) is 3.86. The second kappa shape index (κ2) is 10.3. The molecular weight excluding hydrogens is 382 g/mol. The molecule has 1 aliphatic rings. The van der Waals surface area contributed by atoms with Gasteiger partial charge in [-0.15, -0.1) is 12.4 Å². The first-order valence-electron chi connectivity index (χ1n) is 8.70. The maximum atomic E-state index is 12.6. The molecule has 3 rings (SSSR count). The second-order valence-corrected chi connectivity index (χ2v) is 7.43. The van der Waals surface area contributed by atoms with Crippen LogP contribution in [-0.2, 0) is 4.79 Å². The number of amides is 2. The summed E-state index contributed by atoms with van der Waals surface area (Å²) >= 11 is 1.87. The minimum atomic E-state index is -0.185. The number of anilines is 2. The Bertz CT molecular complexity index is 780. The molecular formula is C20H24ClN3O2S. The van der Waals surface area contributed by atoms with Crippen molar-refractivity contribution >= 4 is 47.4 Å². The minimum absolute atomic E-state index is 0. The lowest BCUT2D eigenvalue weighted by atomic mass is 10.1. The zero-order chi connectivity index (χ0) is 18.4. The third kappa shape index (κ3) is 5.99. The zero-order valence-corrected chi connectivity index (χ0v) is 16.8. The average Bonchev–Trinajstić information content (AvgIpc) is 2.65. The van der Waals surface area contributed by atoms with Crippen LogP contribution in [0, 0.1) is 6.92 Å². The fourth-order valence-electron chi connectivity index (χ4n) is 2.91. The zero-order valence-electron chi connectivity index (χ0n) is 15.2. The van der Waals surface area contributed by atoms with Gasteiger partial charge in [0.15, 0.2) is 0 Å². The van der Waals surface area contributed by atoms with E-state index in [0.29, 0.717) is 17.7 Å². The Kier molecular flexibility index (Phi) is 8.16. The number of hydrogen-bond donors (Lipinski definition) is 3. The molecule has 1 fully saturated rings. The first-order chi connectivity index (χ1) is 12.6. The summed E-state index contributed by atoms with van der Waals surface area (Å²) < 4.78 is 0. The van der Waals surface area contributed by atoms with Gasteiger partial charge in [-0.1, -0.05) is 24.3 Å². The molecule has 5 nitrogen and oxygen atoms in total. The number of halogens is 1. The van der Waals surface area contributed by atoms with Crippen LogP contribution in [0.4, 0.5) is 11.4 Å². The van der Waals surface area contributed by atoms with Crippen molar-refractivity contribution in [2.75, 3.05) is 28.7 Å². The average molecular weight is 406 g/mol. The standard InChI is InChI=1S/C20H23N3O2S.ClH/c1-14-17(20(25)22-15-6-3-2-4-7-15)8-5-9-18(14)23-19(24)12-16-13-26-11-10-21-16;/h2-9,16,21H,10-13H2,1H3,(H,22,25)(H,23,24);1H. The fraction of sp³-hybridized carbons (Fsp3) is 0.300. The largest absolute Gasteiger partial charge is 0.326 e. The van der Waals surface area contributed by atoms with Crippen LogP contribution in [0.1, 0.15) is 22.3 Å². The van der Waals surface area contributed by atoms with Gasteiger partial charge in [-0.25, -0.2) is 0 Å².